The maximum Gasteiger partial charge on any atom is 0.355 e. The van der Waals surface area contributed by atoms with E-state index in [2.05, 4.69) is 10.2 Å². The van der Waals surface area contributed by atoms with E-state index in [1.807, 2.05) is 0 Å². The first kappa shape index (κ1) is 19.9. The fourth-order valence-electron chi connectivity index (χ4n) is 3.11. The number of hydrogen-bond donors (Lipinski definition) is 0. The fraction of sp³-hybridized carbons (Fsp3) is 0.200. The van der Waals surface area contributed by atoms with Gasteiger partial charge in [0.2, 0.25) is 0 Å². The third-order valence-corrected chi connectivity index (χ3v) is 4.82. The summed E-state index contributed by atoms with van der Waals surface area (Å²) < 4.78 is 15.2. The molecule has 4 rings (SSSR count). The lowest BCUT2D eigenvalue weighted by atomic mass is 10.1. The van der Waals surface area contributed by atoms with Crippen LogP contribution in [-0.4, -0.2) is 54.5 Å². The second kappa shape index (κ2) is 8.13. The summed E-state index contributed by atoms with van der Waals surface area (Å²) in [4.78, 5) is 27.6. The molecule has 0 unspecified atom stereocenters. The standard InChI is InChI=1S/C20H17ClN4O5/c1-28-19(26)15-10-30-11-24(18(15)20(27)29-2)14-7-8-16-17(9-14)23-25(22-16)13-5-3-12(21)4-6-13/h3-9H,10-11H2,1-2H3. The van der Waals surface area contributed by atoms with Gasteiger partial charge in [0.25, 0.3) is 0 Å². The van der Waals surface area contributed by atoms with Gasteiger partial charge in [-0.05, 0) is 42.5 Å². The minimum Gasteiger partial charge on any atom is -0.466 e. The summed E-state index contributed by atoms with van der Waals surface area (Å²) in [6.07, 6.45) is 0. The molecule has 10 heteroatoms. The summed E-state index contributed by atoms with van der Waals surface area (Å²) in [5.74, 6) is -1.32. The van der Waals surface area contributed by atoms with E-state index < -0.39 is 11.9 Å². The monoisotopic (exact) mass is 428 g/mol. The van der Waals surface area contributed by atoms with Gasteiger partial charge in [0.15, 0.2) is 0 Å². The molecule has 0 amide bonds. The van der Waals surface area contributed by atoms with Crippen LogP contribution in [-0.2, 0) is 23.8 Å². The summed E-state index contributed by atoms with van der Waals surface area (Å²) in [6.45, 7) is 0.00432. The van der Waals surface area contributed by atoms with Crippen molar-refractivity contribution in [3.05, 3.63) is 58.8 Å². The van der Waals surface area contributed by atoms with Gasteiger partial charge in [-0.15, -0.1) is 10.2 Å². The highest BCUT2D eigenvalue weighted by atomic mass is 35.5. The van der Waals surface area contributed by atoms with E-state index in [-0.39, 0.29) is 24.6 Å². The second-order valence-corrected chi connectivity index (χ2v) is 6.79. The smallest absolute Gasteiger partial charge is 0.355 e. The molecule has 0 radical (unpaired) electrons. The van der Waals surface area contributed by atoms with Gasteiger partial charge in [-0.3, -0.25) is 0 Å². The molecule has 2 heterocycles. The highest BCUT2D eigenvalue weighted by Gasteiger charge is 2.32. The summed E-state index contributed by atoms with van der Waals surface area (Å²) in [5.41, 5.74) is 2.74. The molecule has 1 aliphatic rings. The number of methoxy groups -OCH3 is 2. The van der Waals surface area contributed by atoms with Crippen molar-refractivity contribution >= 4 is 40.3 Å². The van der Waals surface area contributed by atoms with Crippen LogP contribution in [0.25, 0.3) is 16.7 Å². The van der Waals surface area contributed by atoms with Gasteiger partial charge in [0, 0.05) is 10.7 Å². The van der Waals surface area contributed by atoms with E-state index in [9.17, 15) is 9.59 Å². The maximum absolute atomic E-state index is 12.4. The van der Waals surface area contributed by atoms with E-state index in [0.29, 0.717) is 21.7 Å². The first-order valence-electron chi connectivity index (χ1n) is 8.90. The molecule has 154 valence electrons. The molecular weight excluding hydrogens is 412 g/mol. The van der Waals surface area contributed by atoms with Gasteiger partial charge in [-0.2, -0.15) is 4.80 Å². The zero-order valence-electron chi connectivity index (χ0n) is 16.2. The fourth-order valence-corrected chi connectivity index (χ4v) is 3.23. The van der Waals surface area contributed by atoms with Crippen molar-refractivity contribution in [2.45, 2.75) is 0 Å². The Hall–Kier alpha value is -3.43. The van der Waals surface area contributed by atoms with Crippen LogP contribution in [0.4, 0.5) is 5.69 Å². The zero-order chi connectivity index (χ0) is 21.3. The Morgan fingerprint density at radius 2 is 1.63 bits per heavy atom. The van der Waals surface area contributed by atoms with E-state index in [4.69, 9.17) is 25.8 Å². The van der Waals surface area contributed by atoms with E-state index in [1.165, 1.54) is 19.0 Å². The minimum absolute atomic E-state index is 0.0530. The predicted octanol–water partition coefficient (Wildman–Crippen LogP) is 2.47. The Morgan fingerprint density at radius 1 is 0.967 bits per heavy atom. The lowest BCUT2D eigenvalue weighted by Gasteiger charge is -2.31. The van der Waals surface area contributed by atoms with Crippen LogP contribution >= 0.6 is 11.6 Å². The number of hydrogen-bond acceptors (Lipinski definition) is 8. The molecule has 3 aromatic rings. The Labute approximate surface area is 176 Å². The summed E-state index contributed by atoms with van der Waals surface area (Å²) in [5, 5.41) is 9.58. The van der Waals surface area contributed by atoms with Crippen molar-refractivity contribution < 1.29 is 23.8 Å². The Balaban J connectivity index is 1.76. The number of carbonyl (C=O) groups excluding carboxylic acids is 2. The molecule has 0 aliphatic carbocycles. The molecule has 0 fully saturated rings. The first-order valence-corrected chi connectivity index (χ1v) is 9.27. The molecule has 30 heavy (non-hydrogen) atoms. The molecule has 0 bridgehead atoms. The van der Waals surface area contributed by atoms with E-state index in [0.717, 1.165) is 5.69 Å². The second-order valence-electron chi connectivity index (χ2n) is 6.35. The Bertz CT molecular complexity index is 1160. The van der Waals surface area contributed by atoms with Crippen LogP contribution in [0.15, 0.2) is 53.7 Å². The summed E-state index contributed by atoms with van der Waals surface area (Å²) in [7, 11) is 2.49. The van der Waals surface area contributed by atoms with Crippen LogP contribution in [0.1, 0.15) is 0 Å². The van der Waals surface area contributed by atoms with Crippen molar-refractivity contribution in [1.82, 2.24) is 15.0 Å². The van der Waals surface area contributed by atoms with Crippen LogP contribution < -0.4 is 4.90 Å². The van der Waals surface area contributed by atoms with Crippen molar-refractivity contribution in [3.63, 3.8) is 0 Å². The minimum atomic E-state index is -0.663. The number of carbonyl (C=O) groups is 2. The van der Waals surface area contributed by atoms with Gasteiger partial charge in [0.05, 0.1) is 32.1 Å². The van der Waals surface area contributed by atoms with E-state index >= 15 is 0 Å². The predicted molar refractivity (Wildman–Crippen MR) is 108 cm³/mol. The molecule has 2 aromatic carbocycles. The van der Waals surface area contributed by atoms with Gasteiger partial charge in [-0.25, -0.2) is 9.59 Å². The number of ether oxygens (including phenoxy) is 3. The lowest BCUT2D eigenvalue weighted by Crippen LogP contribution is -2.38. The van der Waals surface area contributed by atoms with Gasteiger partial charge < -0.3 is 19.1 Å². The van der Waals surface area contributed by atoms with E-state index in [1.54, 1.807) is 47.4 Å². The molecule has 9 nitrogen and oxygen atoms in total. The van der Waals surface area contributed by atoms with Crippen molar-refractivity contribution in [2.24, 2.45) is 0 Å². The lowest BCUT2D eigenvalue weighted by molar-refractivity contribution is -0.140. The average Bonchev–Trinajstić information content (AvgIpc) is 3.21. The number of rotatable bonds is 4. The summed E-state index contributed by atoms with van der Waals surface area (Å²) >= 11 is 5.94. The highest BCUT2D eigenvalue weighted by Crippen LogP contribution is 2.29. The van der Waals surface area contributed by atoms with Crippen LogP contribution in [0.2, 0.25) is 5.02 Å². The number of benzene rings is 2. The SMILES string of the molecule is COC(=O)C1=C(C(=O)OC)N(c2ccc3nn(-c4ccc(Cl)cc4)nc3c2)COC1. The molecule has 0 atom stereocenters. The van der Waals surface area contributed by atoms with Gasteiger partial charge in [-0.1, -0.05) is 11.6 Å². The van der Waals surface area contributed by atoms with Crippen molar-refractivity contribution in [2.75, 3.05) is 32.5 Å². The quantitative estimate of drug-likeness (QED) is 0.585. The first-order chi connectivity index (χ1) is 14.5. The Morgan fingerprint density at radius 3 is 2.33 bits per heavy atom. The average molecular weight is 429 g/mol. The molecule has 0 saturated carbocycles. The number of anilines is 1. The van der Waals surface area contributed by atoms with Gasteiger partial charge in [0.1, 0.15) is 23.5 Å². The highest BCUT2D eigenvalue weighted by molar-refractivity contribution is 6.30. The van der Waals surface area contributed by atoms with Crippen molar-refractivity contribution in [3.8, 4) is 5.69 Å². The zero-order valence-corrected chi connectivity index (χ0v) is 16.9. The third kappa shape index (κ3) is 3.60. The van der Waals surface area contributed by atoms with Crippen LogP contribution in [0.5, 0.6) is 0 Å². The van der Waals surface area contributed by atoms with Crippen molar-refractivity contribution in [1.29, 1.82) is 0 Å². The number of halogens is 1. The van der Waals surface area contributed by atoms with Gasteiger partial charge >= 0.3 is 11.9 Å². The molecule has 1 aliphatic heterocycles. The molecule has 0 N–H and O–H groups in total. The number of esters is 2. The number of fused-ring (bicyclic) bond motifs is 1. The molecular formula is C20H17ClN4O5. The molecule has 1 aromatic heterocycles. The number of aromatic nitrogens is 3. The largest absolute Gasteiger partial charge is 0.466 e. The maximum atomic E-state index is 12.4. The third-order valence-electron chi connectivity index (χ3n) is 4.57. The normalized spacial score (nSPS) is 14.2. The topological polar surface area (TPSA) is 95.8 Å². The number of nitrogens with zero attached hydrogens (tertiary/aromatic N) is 4. The molecule has 0 saturated heterocycles. The molecule has 0 spiro atoms. The summed E-state index contributed by atoms with van der Waals surface area (Å²) in [6, 6.07) is 12.4. The Kier molecular flexibility index (Phi) is 5.39. The van der Waals surface area contributed by atoms with Crippen LogP contribution in [0, 0.1) is 0 Å². The van der Waals surface area contributed by atoms with Crippen LogP contribution in [0.3, 0.4) is 0 Å².